The molecule has 0 bridgehead atoms. The van der Waals surface area contributed by atoms with Crippen LogP contribution < -0.4 is 4.72 Å². The SMILES string of the molecule is N#Cc1ccc(Cl)c(S(=O)(=O)NCCCN2CCCC2)c1. The minimum absolute atomic E-state index is 0.0376. The number of rotatable bonds is 6. The Hall–Kier alpha value is -1.13. The van der Waals surface area contributed by atoms with Crippen LogP contribution in [0.5, 0.6) is 0 Å². The van der Waals surface area contributed by atoms with Crippen molar-refractivity contribution in [2.45, 2.75) is 24.2 Å². The molecule has 1 N–H and O–H groups in total. The lowest BCUT2D eigenvalue weighted by Crippen LogP contribution is -2.29. The Kier molecular flexibility index (Phi) is 5.59. The second-order valence-corrected chi connectivity index (χ2v) is 7.20. The quantitative estimate of drug-likeness (QED) is 0.811. The molecule has 0 amide bonds. The van der Waals surface area contributed by atoms with E-state index in [9.17, 15) is 8.42 Å². The minimum atomic E-state index is -3.67. The fourth-order valence-corrected chi connectivity index (χ4v) is 3.97. The number of hydrogen-bond acceptors (Lipinski definition) is 4. The fraction of sp³-hybridized carbons (Fsp3) is 0.500. The molecule has 0 aliphatic carbocycles. The van der Waals surface area contributed by atoms with Crippen molar-refractivity contribution in [3.8, 4) is 6.07 Å². The second kappa shape index (κ2) is 7.23. The summed E-state index contributed by atoms with van der Waals surface area (Å²) in [5.74, 6) is 0. The van der Waals surface area contributed by atoms with Crippen LogP contribution in [0.15, 0.2) is 23.1 Å². The third kappa shape index (κ3) is 4.42. The number of sulfonamides is 1. The van der Waals surface area contributed by atoms with Crippen molar-refractivity contribution in [1.29, 1.82) is 5.26 Å². The molecule has 0 radical (unpaired) electrons. The van der Waals surface area contributed by atoms with Crippen molar-refractivity contribution in [2.75, 3.05) is 26.2 Å². The number of halogens is 1. The molecular formula is C14H18ClN3O2S. The smallest absolute Gasteiger partial charge is 0.242 e. The lowest BCUT2D eigenvalue weighted by molar-refractivity contribution is 0.334. The van der Waals surface area contributed by atoms with Gasteiger partial charge >= 0.3 is 0 Å². The maximum Gasteiger partial charge on any atom is 0.242 e. The normalized spacial score (nSPS) is 16.0. The van der Waals surface area contributed by atoms with Crippen LogP contribution in [0.25, 0.3) is 0 Å². The number of likely N-dealkylation sites (tertiary alicyclic amines) is 1. The largest absolute Gasteiger partial charge is 0.303 e. The summed E-state index contributed by atoms with van der Waals surface area (Å²) < 4.78 is 26.9. The van der Waals surface area contributed by atoms with E-state index in [2.05, 4.69) is 9.62 Å². The Morgan fingerprint density at radius 1 is 1.33 bits per heavy atom. The third-order valence-corrected chi connectivity index (χ3v) is 5.43. The molecule has 21 heavy (non-hydrogen) atoms. The summed E-state index contributed by atoms with van der Waals surface area (Å²) in [6, 6.07) is 6.13. The maximum atomic E-state index is 12.2. The molecule has 1 aliphatic rings. The fourth-order valence-electron chi connectivity index (χ4n) is 2.37. The van der Waals surface area contributed by atoms with Gasteiger partial charge in [0.2, 0.25) is 10.0 Å². The summed E-state index contributed by atoms with van der Waals surface area (Å²) in [7, 11) is -3.67. The highest BCUT2D eigenvalue weighted by atomic mass is 35.5. The number of nitrogens with zero attached hydrogens (tertiary/aromatic N) is 2. The van der Waals surface area contributed by atoms with Gasteiger partial charge in [-0.15, -0.1) is 0 Å². The van der Waals surface area contributed by atoms with Gasteiger partial charge in [0, 0.05) is 6.54 Å². The molecule has 0 atom stereocenters. The topological polar surface area (TPSA) is 73.2 Å². The average molecular weight is 328 g/mol. The molecule has 0 unspecified atom stereocenters. The number of nitrogens with one attached hydrogen (secondary N) is 1. The van der Waals surface area contributed by atoms with Crippen LogP contribution in [0.4, 0.5) is 0 Å². The van der Waals surface area contributed by atoms with Gasteiger partial charge in [-0.2, -0.15) is 5.26 Å². The Balaban J connectivity index is 1.93. The number of nitriles is 1. The molecular weight excluding hydrogens is 310 g/mol. The number of benzene rings is 1. The first kappa shape index (κ1) is 16.2. The van der Waals surface area contributed by atoms with Crippen LogP contribution in [0, 0.1) is 11.3 Å². The molecule has 0 aromatic heterocycles. The zero-order chi connectivity index (χ0) is 15.3. The van der Waals surface area contributed by atoms with Crippen molar-refractivity contribution < 1.29 is 8.42 Å². The first-order valence-electron chi connectivity index (χ1n) is 6.94. The van der Waals surface area contributed by atoms with Gasteiger partial charge in [-0.1, -0.05) is 11.6 Å². The molecule has 5 nitrogen and oxygen atoms in total. The molecule has 1 aliphatic heterocycles. The third-order valence-electron chi connectivity index (χ3n) is 3.49. The summed E-state index contributed by atoms with van der Waals surface area (Å²) in [4.78, 5) is 2.29. The molecule has 1 saturated heterocycles. The molecule has 1 aromatic rings. The monoisotopic (exact) mass is 327 g/mol. The highest BCUT2D eigenvalue weighted by Crippen LogP contribution is 2.22. The van der Waals surface area contributed by atoms with Gasteiger partial charge in [-0.25, -0.2) is 13.1 Å². The summed E-state index contributed by atoms with van der Waals surface area (Å²) in [6.45, 7) is 3.46. The standard InChI is InChI=1S/C14H18ClN3O2S/c15-13-5-4-12(11-16)10-14(13)21(19,20)17-6-3-9-18-7-1-2-8-18/h4-5,10,17H,1-3,6-9H2. The molecule has 114 valence electrons. The van der Waals surface area contributed by atoms with Gasteiger partial charge in [-0.05, 0) is 57.1 Å². The first-order valence-corrected chi connectivity index (χ1v) is 8.81. The van der Waals surface area contributed by atoms with Crippen molar-refractivity contribution in [3.05, 3.63) is 28.8 Å². The van der Waals surface area contributed by atoms with Gasteiger partial charge in [-0.3, -0.25) is 0 Å². The molecule has 1 fully saturated rings. The van der Waals surface area contributed by atoms with Crippen LogP contribution in [0.3, 0.4) is 0 Å². The molecule has 0 spiro atoms. The van der Waals surface area contributed by atoms with Gasteiger partial charge < -0.3 is 4.90 Å². The van der Waals surface area contributed by atoms with Crippen molar-refractivity contribution in [1.82, 2.24) is 9.62 Å². The van der Waals surface area contributed by atoms with E-state index in [4.69, 9.17) is 16.9 Å². The van der Waals surface area contributed by atoms with E-state index >= 15 is 0 Å². The van der Waals surface area contributed by atoms with Crippen LogP contribution in [-0.2, 0) is 10.0 Å². The van der Waals surface area contributed by atoms with E-state index in [1.165, 1.54) is 31.0 Å². The summed E-state index contributed by atoms with van der Waals surface area (Å²) in [5, 5.41) is 8.97. The van der Waals surface area contributed by atoms with E-state index < -0.39 is 10.0 Å². The van der Waals surface area contributed by atoms with Gasteiger partial charge in [0.15, 0.2) is 0 Å². The van der Waals surface area contributed by atoms with E-state index in [-0.39, 0.29) is 15.5 Å². The molecule has 7 heteroatoms. The lowest BCUT2D eigenvalue weighted by Gasteiger charge is -2.14. The van der Waals surface area contributed by atoms with E-state index in [0.717, 1.165) is 26.1 Å². The molecule has 1 heterocycles. The second-order valence-electron chi connectivity index (χ2n) is 5.06. The van der Waals surface area contributed by atoms with Gasteiger partial charge in [0.1, 0.15) is 4.90 Å². The van der Waals surface area contributed by atoms with E-state index in [1.54, 1.807) is 0 Å². The highest BCUT2D eigenvalue weighted by Gasteiger charge is 2.18. The molecule has 1 aromatic carbocycles. The summed E-state index contributed by atoms with van der Waals surface area (Å²) >= 11 is 5.92. The van der Waals surface area contributed by atoms with Crippen molar-refractivity contribution in [3.63, 3.8) is 0 Å². The zero-order valence-corrected chi connectivity index (χ0v) is 13.3. The zero-order valence-electron chi connectivity index (χ0n) is 11.7. The molecule has 2 rings (SSSR count). The Labute approximate surface area is 130 Å². The van der Waals surface area contributed by atoms with Crippen LogP contribution in [0.2, 0.25) is 5.02 Å². The van der Waals surface area contributed by atoms with Crippen LogP contribution >= 0.6 is 11.6 Å². The van der Waals surface area contributed by atoms with Crippen molar-refractivity contribution in [2.24, 2.45) is 0 Å². The Morgan fingerprint density at radius 3 is 2.71 bits per heavy atom. The minimum Gasteiger partial charge on any atom is -0.303 e. The maximum absolute atomic E-state index is 12.2. The van der Waals surface area contributed by atoms with Gasteiger partial charge in [0.25, 0.3) is 0 Å². The van der Waals surface area contributed by atoms with E-state index in [1.807, 2.05) is 6.07 Å². The Bertz CT molecular complexity index is 634. The van der Waals surface area contributed by atoms with Crippen LogP contribution in [0.1, 0.15) is 24.8 Å². The first-order chi connectivity index (χ1) is 10.0. The highest BCUT2D eigenvalue weighted by molar-refractivity contribution is 7.89. The summed E-state index contributed by atoms with van der Waals surface area (Å²) in [6.07, 6.45) is 3.21. The lowest BCUT2D eigenvalue weighted by atomic mass is 10.2. The van der Waals surface area contributed by atoms with Gasteiger partial charge in [0.05, 0.1) is 16.7 Å². The predicted molar refractivity (Wildman–Crippen MR) is 81.6 cm³/mol. The van der Waals surface area contributed by atoms with Crippen molar-refractivity contribution >= 4 is 21.6 Å². The Morgan fingerprint density at radius 2 is 2.05 bits per heavy atom. The predicted octanol–water partition coefficient (Wildman–Crippen LogP) is 1.98. The summed E-state index contributed by atoms with van der Waals surface area (Å²) in [5.41, 5.74) is 0.275. The average Bonchev–Trinajstić information content (AvgIpc) is 2.97. The molecule has 0 saturated carbocycles. The number of hydrogen-bond donors (Lipinski definition) is 1. The van der Waals surface area contributed by atoms with E-state index in [0.29, 0.717) is 6.54 Å². The van der Waals surface area contributed by atoms with Crippen LogP contribution in [-0.4, -0.2) is 39.5 Å².